The van der Waals surface area contributed by atoms with Crippen LogP contribution >= 0.6 is 15.9 Å². The molecule has 2 aromatic carbocycles. The molecule has 2 rings (SSSR count). The summed E-state index contributed by atoms with van der Waals surface area (Å²) in [5.74, 6) is -0.600. The van der Waals surface area contributed by atoms with E-state index in [1.165, 1.54) is 12.1 Å². The number of sulfonamides is 1. The molecule has 0 saturated carbocycles. The third kappa shape index (κ3) is 4.12. The van der Waals surface area contributed by atoms with Crippen LogP contribution in [-0.4, -0.2) is 15.0 Å². The topological polar surface area (TPSA) is 46.2 Å². The summed E-state index contributed by atoms with van der Waals surface area (Å²) in [5, 5.41) is 0. The van der Waals surface area contributed by atoms with E-state index in [0.29, 0.717) is 6.42 Å². The molecule has 0 amide bonds. The Morgan fingerprint density at radius 2 is 1.90 bits per heavy atom. The lowest BCUT2D eigenvalue weighted by atomic mass is 10.1. The summed E-state index contributed by atoms with van der Waals surface area (Å²) in [6, 6.07) is 11.5. The van der Waals surface area contributed by atoms with Gasteiger partial charge in [0.05, 0.1) is 9.37 Å². The van der Waals surface area contributed by atoms with E-state index in [1.807, 2.05) is 31.2 Å². The molecular weight excluding hydrogens is 357 g/mol. The molecule has 6 heteroatoms. The van der Waals surface area contributed by atoms with Gasteiger partial charge in [0.1, 0.15) is 5.82 Å². The molecule has 0 saturated heterocycles. The smallest absolute Gasteiger partial charge is 0.211 e. The summed E-state index contributed by atoms with van der Waals surface area (Å²) in [7, 11) is -3.69. The molecule has 0 bridgehead atoms. The van der Waals surface area contributed by atoms with Crippen LogP contribution < -0.4 is 4.72 Å². The van der Waals surface area contributed by atoms with Crippen molar-refractivity contribution < 1.29 is 12.8 Å². The van der Waals surface area contributed by atoms with Crippen molar-refractivity contribution in [3.05, 3.63) is 63.9 Å². The minimum absolute atomic E-state index is 0.0759. The molecule has 1 N–H and O–H groups in total. The zero-order chi connectivity index (χ0) is 15.5. The Kier molecular flexibility index (Phi) is 5.13. The van der Waals surface area contributed by atoms with Crippen molar-refractivity contribution >= 4 is 26.0 Å². The molecule has 0 spiro atoms. The van der Waals surface area contributed by atoms with Crippen molar-refractivity contribution in [3.63, 3.8) is 0 Å². The molecule has 0 radical (unpaired) electrons. The van der Waals surface area contributed by atoms with E-state index in [2.05, 4.69) is 20.7 Å². The second kappa shape index (κ2) is 6.68. The fourth-order valence-corrected chi connectivity index (χ4v) is 3.23. The van der Waals surface area contributed by atoms with Gasteiger partial charge in [-0.2, -0.15) is 0 Å². The van der Waals surface area contributed by atoms with Gasteiger partial charge >= 0.3 is 0 Å². The van der Waals surface area contributed by atoms with E-state index in [1.54, 1.807) is 0 Å². The number of hydrogen-bond acceptors (Lipinski definition) is 2. The second-order valence-corrected chi connectivity index (χ2v) is 7.27. The van der Waals surface area contributed by atoms with Crippen LogP contribution in [0.15, 0.2) is 51.8 Å². The summed E-state index contributed by atoms with van der Waals surface area (Å²) in [6.45, 7) is 2.25. The molecule has 3 nitrogen and oxygen atoms in total. The van der Waals surface area contributed by atoms with E-state index in [9.17, 15) is 12.8 Å². The van der Waals surface area contributed by atoms with Gasteiger partial charge in [0.2, 0.25) is 10.0 Å². The highest BCUT2D eigenvalue weighted by molar-refractivity contribution is 9.10. The Morgan fingerprint density at radius 3 is 2.57 bits per heavy atom. The van der Waals surface area contributed by atoms with E-state index >= 15 is 0 Å². The van der Waals surface area contributed by atoms with Gasteiger partial charge < -0.3 is 0 Å². The predicted molar refractivity (Wildman–Crippen MR) is 84.2 cm³/mol. The normalized spacial score (nSPS) is 11.6. The van der Waals surface area contributed by atoms with Crippen LogP contribution in [0.5, 0.6) is 0 Å². The van der Waals surface area contributed by atoms with Crippen molar-refractivity contribution in [2.24, 2.45) is 0 Å². The molecule has 0 unspecified atom stereocenters. The highest BCUT2D eigenvalue weighted by atomic mass is 79.9. The third-order valence-corrected chi connectivity index (χ3v) is 5.25. The van der Waals surface area contributed by atoms with Gasteiger partial charge in [-0.3, -0.25) is 0 Å². The van der Waals surface area contributed by atoms with Crippen LogP contribution in [0.2, 0.25) is 0 Å². The Morgan fingerprint density at radius 1 is 1.19 bits per heavy atom. The van der Waals surface area contributed by atoms with Crippen LogP contribution in [0.25, 0.3) is 0 Å². The van der Waals surface area contributed by atoms with Crippen LogP contribution in [-0.2, 0) is 16.4 Å². The summed E-state index contributed by atoms with van der Waals surface area (Å²) >= 11 is 3.00. The van der Waals surface area contributed by atoms with E-state index < -0.39 is 15.8 Å². The molecule has 21 heavy (non-hydrogen) atoms. The van der Waals surface area contributed by atoms with Gasteiger partial charge in [0.25, 0.3) is 0 Å². The quantitative estimate of drug-likeness (QED) is 0.874. The zero-order valence-corrected chi connectivity index (χ0v) is 13.8. The maximum absolute atomic E-state index is 13.4. The lowest BCUT2D eigenvalue weighted by Gasteiger charge is -2.09. The van der Waals surface area contributed by atoms with Crippen LogP contribution in [0, 0.1) is 12.7 Å². The summed E-state index contributed by atoms with van der Waals surface area (Å²) in [4.78, 5) is -0.0759. The first-order valence-corrected chi connectivity index (χ1v) is 8.67. The lowest BCUT2D eigenvalue weighted by molar-refractivity contribution is 0.577. The van der Waals surface area contributed by atoms with Crippen LogP contribution in [0.3, 0.4) is 0 Å². The van der Waals surface area contributed by atoms with Crippen molar-refractivity contribution in [2.75, 3.05) is 6.54 Å². The summed E-state index contributed by atoms with van der Waals surface area (Å²) in [5.41, 5.74) is 2.20. The highest BCUT2D eigenvalue weighted by Crippen LogP contribution is 2.19. The Hall–Kier alpha value is -1.24. The highest BCUT2D eigenvalue weighted by Gasteiger charge is 2.15. The number of hydrogen-bond donors (Lipinski definition) is 1. The Labute approximate surface area is 132 Å². The fourth-order valence-electron chi connectivity index (χ4n) is 1.94. The van der Waals surface area contributed by atoms with Gasteiger partial charge in [-0.25, -0.2) is 17.5 Å². The first kappa shape index (κ1) is 16.1. The van der Waals surface area contributed by atoms with Gasteiger partial charge in [-0.05, 0) is 58.6 Å². The fraction of sp³-hybridized carbons (Fsp3) is 0.200. The molecule has 0 aliphatic heterocycles. The van der Waals surface area contributed by atoms with Gasteiger partial charge in [0, 0.05) is 6.54 Å². The van der Waals surface area contributed by atoms with Crippen molar-refractivity contribution in [1.82, 2.24) is 4.72 Å². The zero-order valence-electron chi connectivity index (χ0n) is 11.4. The number of benzene rings is 2. The van der Waals surface area contributed by atoms with E-state index in [4.69, 9.17) is 0 Å². The minimum Gasteiger partial charge on any atom is -0.211 e. The number of aryl methyl sites for hydroxylation is 1. The lowest BCUT2D eigenvalue weighted by Crippen LogP contribution is -2.26. The van der Waals surface area contributed by atoms with Crippen LogP contribution in [0.4, 0.5) is 4.39 Å². The van der Waals surface area contributed by atoms with Crippen molar-refractivity contribution in [3.8, 4) is 0 Å². The predicted octanol–water partition coefficient (Wildman–Crippen LogP) is 3.42. The van der Waals surface area contributed by atoms with Gasteiger partial charge in [-0.15, -0.1) is 0 Å². The average Bonchev–Trinajstić information content (AvgIpc) is 2.44. The number of halogens is 2. The van der Waals surface area contributed by atoms with Crippen molar-refractivity contribution in [1.29, 1.82) is 0 Å². The number of rotatable bonds is 5. The van der Waals surface area contributed by atoms with Gasteiger partial charge in [0.15, 0.2) is 0 Å². The average molecular weight is 372 g/mol. The molecule has 0 aromatic heterocycles. The molecule has 0 fully saturated rings. The van der Waals surface area contributed by atoms with Gasteiger partial charge in [-0.1, -0.05) is 24.3 Å². The SMILES string of the molecule is Cc1ccccc1CCNS(=O)(=O)c1ccc(Br)c(F)c1. The summed E-state index contributed by atoms with van der Waals surface area (Å²) in [6.07, 6.45) is 0.588. The molecule has 0 heterocycles. The monoisotopic (exact) mass is 371 g/mol. The molecular formula is C15H15BrFNO2S. The standard InChI is InChI=1S/C15H15BrFNO2S/c1-11-4-2-3-5-12(11)8-9-18-21(19,20)13-6-7-14(16)15(17)10-13/h2-7,10,18H,8-9H2,1H3. The van der Waals surface area contributed by atoms with Crippen LogP contribution in [0.1, 0.15) is 11.1 Å². The number of nitrogens with one attached hydrogen (secondary N) is 1. The summed E-state index contributed by atoms with van der Waals surface area (Å²) < 4.78 is 40.3. The molecule has 0 aliphatic carbocycles. The second-order valence-electron chi connectivity index (χ2n) is 4.65. The molecule has 112 valence electrons. The maximum atomic E-state index is 13.4. The van der Waals surface area contributed by atoms with E-state index in [-0.39, 0.29) is 15.9 Å². The largest absolute Gasteiger partial charge is 0.240 e. The molecule has 0 atom stereocenters. The minimum atomic E-state index is -3.69. The van der Waals surface area contributed by atoms with E-state index in [0.717, 1.165) is 17.2 Å². The maximum Gasteiger partial charge on any atom is 0.240 e. The first-order valence-electron chi connectivity index (χ1n) is 6.39. The Balaban J connectivity index is 2.05. The molecule has 2 aromatic rings. The van der Waals surface area contributed by atoms with Crippen molar-refractivity contribution in [2.45, 2.75) is 18.2 Å². The molecule has 0 aliphatic rings. The third-order valence-electron chi connectivity index (χ3n) is 3.15. The first-order chi connectivity index (χ1) is 9.90. The Bertz CT molecular complexity index is 747.